The Hall–Kier alpha value is -1.60. The molecule has 0 bridgehead atoms. The third-order valence-corrected chi connectivity index (χ3v) is 4.09. The summed E-state index contributed by atoms with van der Waals surface area (Å²) in [5, 5.41) is 0. The fourth-order valence-electron chi connectivity index (χ4n) is 2.67. The van der Waals surface area contributed by atoms with Gasteiger partial charge in [-0.1, -0.05) is 55.5 Å². The van der Waals surface area contributed by atoms with Crippen LogP contribution in [0.25, 0.3) is 11.1 Å². The predicted octanol–water partition coefficient (Wildman–Crippen LogP) is 3.95. The van der Waals surface area contributed by atoms with Gasteiger partial charge in [0, 0.05) is 5.54 Å². The van der Waals surface area contributed by atoms with Crippen molar-refractivity contribution < 1.29 is 0 Å². The lowest BCUT2D eigenvalue weighted by molar-refractivity contribution is 0.672. The van der Waals surface area contributed by atoms with E-state index >= 15 is 0 Å². The second-order valence-electron chi connectivity index (χ2n) is 5.75. The van der Waals surface area contributed by atoms with E-state index in [1.54, 1.807) is 0 Å². The summed E-state index contributed by atoms with van der Waals surface area (Å²) in [5.74, 6) is 0. The average Bonchev–Trinajstić information content (AvgIpc) is 3.17. The molecule has 0 saturated heterocycles. The highest BCUT2D eigenvalue weighted by Gasteiger charge is 2.37. The van der Waals surface area contributed by atoms with Crippen LogP contribution < -0.4 is 5.73 Å². The lowest BCUT2D eigenvalue weighted by atomic mass is 9.93. The topological polar surface area (TPSA) is 26.0 Å². The largest absolute Gasteiger partial charge is 0.325 e. The maximum Gasteiger partial charge on any atom is 0.0196 e. The van der Waals surface area contributed by atoms with Crippen molar-refractivity contribution in [2.75, 3.05) is 0 Å². The Balaban J connectivity index is 1.98. The van der Waals surface area contributed by atoms with Crippen LogP contribution >= 0.6 is 0 Å². The Bertz CT molecular complexity index is 567. The molecular formula is C18H21N. The van der Waals surface area contributed by atoms with Crippen molar-refractivity contribution in [3.8, 4) is 11.1 Å². The molecule has 0 aliphatic heterocycles. The third-order valence-electron chi connectivity index (χ3n) is 4.09. The molecule has 2 N–H and O–H groups in total. The van der Waals surface area contributed by atoms with E-state index in [-0.39, 0.29) is 5.54 Å². The molecule has 0 spiro atoms. The Labute approximate surface area is 115 Å². The molecule has 0 unspecified atom stereocenters. The fraction of sp³-hybridized carbons (Fsp3) is 0.333. The van der Waals surface area contributed by atoms with Crippen molar-refractivity contribution >= 4 is 0 Å². The molecule has 98 valence electrons. The molecule has 3 rings (SSSR count). The van der Waals surface area contributed by atoms with Gasteiger partial charge in [0.15, 0.2) is 0 Å². The van der Waals surface area contributed by atoms with Gasteiger partial charge in [-0.2, -0.15) is 0 Å². The van der Waals surface area contributed by atoms with Crippen LogP contribution in [0, 0.1) is 0 Å². The summed E-state index contributed by atoms with van der Waals surface area (Å²) in [6.45, 7) is 2.22. The second kappa shape index (κ2) is 4.82. The van der Waals surface area contributed by atoms with Crippen LogP contribution in [0.4, 0.5) is 0 Å². The van der Waals surface area contributed by atoms with Crippen molar-refractivity contribution in [2.45, 2.75) is 38.1 Å². The summed E-state index contributed by atoms with van der Waals surface area (Å²) in [5.41, 5.74) is 11.8. The molecule has 1 saturated carbocycles. The summed E-state index contributed by atoms with van der Waals surface area (Å²) in [4.78, 5) is 0. The molecular weight excluding hydrogens is 230 g/mol. The molecule has 1 aliphatic carbocycles. The van der Waals surface area contributed by atoms with E-state index in [9.17, 15) is 0 Å². The molecule has 1 nitrogen and oxygen atoms in total. The Morgan fingerprint density at radius 3 is 2.42 bits per heavy atom. The molecule has 2 aromatic rings. The summed E-state index contributed by atoms with van der Waals surface area (Å²) in [7, 11) is 0. The molecule has 0 aromatic heterocycles. The highest BCUT2D eigenvalue weighted by Crippen LogP contribution is 2.36. The van der Waals surface area contributed by atoms with Crippen molar-refractivity contribution in [3.05, 3.63) is 59.7 Å². The summed E-state index contributed by atoms with van der Waals surface area (Å²) in [6, 6.07) is 17.5. The molecule has 0 heterocycles. The van der Waals surface area contributed by atoms with Crippen LogP contribution in [0.2, 0.25) is 0 Å². The Kier molecular flexibility index (Phi) is 3.16. The number of hydrogen-bond donors (Lipinski definition) is 1. The van der Waals surface area contributed by atoms with Crippen molar-refractivity contribution in [1.82, 2.24) is 0 Å². The van der Waals surface area contributed by atoms with Gasteiger partial charge in [-0.25, -0.2) is 0 Å². The van der Waals surface area contributed by atoms with Crippen LogP contribution in [0.15, 0.2) is 48.5 Å². The highest BCUT2D eigenvalue weighted by molar-refractivity contribution is 5.68. The zero-order valence-corrected chi connectivity index (χ0v) is 11.5. The first-order valence-electron chi connectivity index (χ1n) is 7.16. The minimum Gasteiger partial charge on any atom is -0.325 e. The van der Waals surface area contributed by atoms with Gasteiger partial charge in [0.05, 0.1) is 0 Å². The van der Waals surface area contributed by atoms with Crippen LogP contribution in [0.3, 0.4) is 0 Å². The maximum absolute atomic E-state index is 6.24. The lowest BCUT2D eigenvalue weighted by Crippen LogP contribution is -2.24. The second-order valence-corrected chi connectivity index (χ2v) is 5.75. The molecule has 0 amide bonds. The normalized spacial score (nSPS) is 16.3. The highest BCUT2D eigenvalue weighted by atomic mass is 14.8. The van der Waals surface area contributed by atoms with Gasteiger partial charge in [0.1, 0.15) is 0 Å². The number of nitrogens with two attached hydrogens (primary N) is 1. The first-order valence-corrected chi connectivity index (χ1v) is 7.16. The molecule has 1 fully saturated rings. The van der Waals surface area contributed by atoms with Crippen molar-refractivity contribution in [1.29, 1.82) is 0 Å². The van der Waals surface area contributed by atoms with E-state index in [4.69, 9.17) is 5.73 Å². The zero-order valence-electron chi connectivity index (χ0n) is 11.5. The minimum atomic E-state index is 0.0850. The maximum atomic E-state index is 6.24. The van der Waals surface area contributed by atoms with Gasteiger partial charge in [-0.3, -0.25) is 0 Å². The van der Waals surface area contributed by atoms with E-state index in [0.717, 1.165) is 12.8 Å². The average molecular weight is 251 g/mol. The summed E-state index contributed by atoms with van der Waals surface area (Å²) >= 11 is 0. The van der Waals surface area contributed by atoms with Gasteiger partial charge in [-0.05, 0) is 47.9 Å². The van der Waals surface area contributed by atoms with Crippen LogP contribution in [0.5, 0.6) is 0 Å². The van der Waals surface area contributed by atoms with Crippen LogP contribution in [-0.2, 0) is 12.8 Å². The Morgan fingerprint density at radius 1 is 1.05 bits per heavy atom. The standard InChI is InChI=1S/C18H21N/c1-2-15-9-8-14(13-18(19)10-11-18)12-17(15)16-6-4-3-5-7-16/h3-9,12H,2,10-11,13,19H2,1H3. The molecule has 0 radical (unpaired) electrons. The van der Waals surface area contributed by atoms with E-state index < -0.39 is 0 Å². The molecule has 1 aliphatic rings. The molecule has 19 heavy (non-hydrogen) atoms. The van der Waals surface area contributed by atoms with E-state index in [1.807, 2.05) is 0 Å². The predicted molar refractivity (Wildman–Crippen MR) is 81.1 cm³/mol. The number of hydrogen-bond acceptors (Lipinski definition) is 1. The summed E-state index contributed by atoms with van der Waals surface area (Å²) < 4.78 is 0. The first kappa shape index (κ1) is 12.4. The number of benzene rings is 2. The van der Waals surface area contributed by atoms with Gasteiger partial charge >= 0.3 is 0 Å². The van der Waals surface area contributed by atoms with Gasteiger partial charge in [0.2, 0.25) is 0 Å². The lowest BCUT2D eigenvalue weighted by Gasteiger charge is -2.13. The van der Waals surface area contributed by atoms with E-state index in [0.29, 0.717) is 0 Å². The smallest absolute Gasteiger partial charge is 0.0196 e. The van der Waals surface area contributed by atoms with Crippen molar-refractivity contribution in [3.63, 3.8) is 0 Å². The summed E-state index contributed by atoms with van der Waals surface area (Å²) in [6.07, 6.45) is 4.42. The van der Waals surface area contributed by atoms with Crippen molar-refractivity contribution in [2.24, 2.45) is 5.73 Å². The van der Waals surface area contributed by atoms with Gasteiger partial charge in [0.25, 0.3) is 0 Å². The Morgan fingerprint density at radius 2 is 1.79 bits per heavy atom. The third kappa shape index (κ3) is 2.71. The van der Waals surface area contributed by atoms with Crippen LogP contribution in [-0.4, -0.2) is 5.54 Å². The van der Waals surface area contributed by atoms with E-state index in [2.05, 4.69) is 55.5 Å². The van der Waals surface area contributed by atoms with E-state index in [1.165, 1.54) is 35.1 Å². The van der Waals surface area contributed by atoms with Gasteiger partial charge in [-0.15, -0.1) is 0 Å². The number of rotatable bonds is 4. The monoisotopic (exact) mass is 251 g/mol. The SMILES string of the molecule is CCc1ccc(CC2(N)CC2)cc1-c1ccccc1. The minimum absolute atomic E-state index is 0.0850. The first-order chi connectivity index (χ1) is 9.20. The van der Waals surface area contributed by atoms with Crippen LogP contribution in [0.1, 0.15) is 30.9 Å². The molecule has 2 aromatic carbocycles. The number of aryl methyl sites for hydroxylation is 1. The molecule has 0 atom stereocenters. The molecule has 1 heteroatoms. The quantitative estimate of drug-likeness (QED) is 0.874. The fourth-order valence-corrected chi connectivity index (χ4v) is 2.67. The zero-order chi connectivity index (χ0) is 13.3. The van der Waals surface area contributed by atoms with Gasteiger partial charge < -0.3 is 5.73 Å².